The van der Waals surface area contributed by atoms with Gasteiger partial charge in [0.05, 0.1) is 0 Å². The molecule has 0 aliphatic heterocycles. The van der Waals surface area contributed by atoms with Gasteiger partial charge >= 0.3 is 24.2 Å². The van der Waals surface area contributed by atoms with Crippen molar-refractivity contribution in [2.75, 3.05) is 6.61 Å². The lowest BCUT2D eigenvalue weighted by Crippen LogP contribution is -2.65. The molecule has 4 aliphatic carbocycles. The summed E-state index contributed by atoms with van der Waals surface area (Å²) < 4.78 is 82.7. The maximum atomic E-state index is 15.3. The third kappa shape index (κ3) is 6.34. The number of aliphatic hydroxyl groups is 1. The van der Waals surface area contributed by atoms with Crippen LogP contribution in [0.1, 0.15) is 95.8 Å². The highest BCUT2D eigenvalue weighted by Gasteiger charge is 2.79. The van der Waals surface area contributed by atoms with Crippen molar-refractivity contribution in [2.24, 2.45) is 23.2 Å². The average Bonchev–Trinajstić information content (AvgIpc) is 3.32. The minimum atomic E-state index is -5.93. The summed E-state index contributed by atoms with van der Waals surface area (Å²) in [5, 5.41) is 14.0. The van der Waals surface area contributed by atoms with E-state index in [9.17, 15) is 32.7 Å². The Morgan fingerprint density at radius 2 is 1.76 bits per heavy atom. The van der Waals surface area contributed by atoms with Gasteiger partial charge in [-0.05, 0) is 91.6 Å². The molecule has 1 aromatic rings. The molecule has 2 N–H and O–H groups in total. The van der Waals surface area contributed by atoms with Gasteiger partial charge in [-0.25, -0.2) is 9.59 Å². The standard InChI is InChI=1S/C37H44F5NO6/c1-6-17-48-33(46)43-31(20(2)3)32(45)49-21(4)22-7-9-23(10-8-22)28-19-34(5)29(15-16-35(34,47)36(38,39)37(40,41)42)27-13-11-24-18-25(44)12-14-26(24)30(27)28/h6-10,18,20-21,27-29,31,47H,1,11-17,19H2,2-5H3,(H,43,46)/t21?,27-,28+,29-,31-,34-,35-/m0/s1. The van der Waals surface area contributed by atoms with E-state index in [1.54, 1.807) is 51.1 Å². The topological polar surface area (TPSA) is 102 Å². The van der Waals surface area contributed by atoms with Crippen molar-refractivity contribution in [3.63, 3.8) is 0 Å². The summed E-state index contributed by atoms with van der Waals surface area (Å²) in [5.41, 5.74) is -0.953. The molecule has 1 amide bonds. The molecule has 0 saturated heterocycles. The van der Waals surface area contributed by atoms with Crippen molar-refractivity contribution in [1.82, 2.24) is 5.32 Å². The molecule has 0 bridgehead atoms. The predicted molar refractivity (Wildman–Crippen MR) is 170 cm³/mol. The van der Waals surface area contributed by atoms with Crippen molar-refractivity contribution >= 4 is 17.8 Å². The van der Waals surface area contributed by atoms with Crippen molar-refractivity contribution in [1.29, 1.82) is 0 Å². The summed E-state index contributed by atoms with van der Waals surface area (Å²) in [7, 11) is 0. The number of fused-ring (bicyclic) bond motifs is 4. The number of ether oxygens (including phenoxy) is 2. The Labute approximate surface area is 283 Å². The van der Waals surface area contributed by atoms with Gasteiger partial charge in [-0.15, -0.1) is 0 Å². The summed E-state index contributed by atoms with van der Waals surface area (Å²) >= 11 is 0. The zero-order valence-corrected chi connectivity index (χ0v) is 28.2. The van der Waals surface area contributed by atoms with Gasteiger partial charge in [0, 0.05) is 17.8 Å². The van der Waals surface area contributed by atoms with E-state index >= 15 is 8.78 Å². The van der Waals surface area contributed by atoms with Crippen LogP contribution in [0.3, 0.4) is 0 Å². The van der Waals surface area contributed by atoms with E-state index in [4.69, 9.17) is 9.47 Å². The van der Waals surface area contributed by atoms with Gasteiger partial charge in [0.15, 0.2) is 5.78 Å². The van der Waals surface area contributed by atoms with Crippen LogP contribution < -0.4 is 5.32 Å². The van der Waals surface area contributed by atoms with Gasteiger partial charge < -0.3 is 19.9 Å². The van der Waals surface area contributed by atoms with E-state index in [1.165, 1.54) is 13.0 Å². The minimum absolute atomic E-state index is 0.00603. The van der Waals surface area contributed by atoms with E-state index in [0.717, 1.165) is 16.7 Å². The second-order valence-corrected chi connectivity index (χ2v) is 14.5. The van der Waals surface area contributed by atoms with E-state index in [2.05, 4.69) is 11.9 Å². The van der Waals surface area contributed by atoms with Crippen LogP contribution in [0, 0.1) is 23.2 Å². The van der Waals surface area contributed by atoms with E-state index in [-0.39, 0.29) is 37.1 Å². The number of amides is 1. The first-order chi connectivity index (χ1) is 22.9. The molecule has 2 saturated carbocycles. The van der Waals surface area contributed by atoms with Crippen LogP contribution in [-0.2, 0) is 19.1 Å². The van der Waals surface area contributed by atoms with Crippen LogP contribution >= 0.6 is 0 Å². The summed E-state index contributed by atoms with van der Waals surface area (Å²) in [4.78, 5) is 37.4. The Hall–Kier alpha value is -3.54. The van der Waals surface area contributed by atoms with E-state index < -0.39 is 65.6 Å². The lowest BCUT2D eigenvalue weighted by Gasteiger charge is -2.56. The summed E-state index contributed by atoms with van der Waals surface area (Å²) in [5.74, 6) is -7.83. The molecule has 4 aliphatic rings. The van der Waals surface area contributed by atoms with E-state index in [1.807, 2.05) is 0 Å². The van der Waals surface area contributed by atoms with Gasteiger partial charge in [-0.2, -0.15) is 22.0 Å². The smallest absolute Gasteiger partial charge is 0.456 e. The largest absolute Gasteiger partial charge is 0.456 e. The van der Waals surface area contributed by atoms with Gasteiger partial charge in [0.25, 0.3) is 0 Å². The molecule has 0 radical (unpaired) electrons. The van der Waals surface area contributed by atoms with Crippen LogP contribution in [0.4, 0.5) is 26.7 Å². The number of carbonyl (C=O) groups excluding carboxylic acids is 3. The molecular weight excluding hydrogens is 649 g/mol. The lowest BCUT2D eigenvalue weighted by atomic mass is 9.50. The fourth-order valence-electron chi connectivity index (χ4n) is 8.83. The van der Waals surface area contributed by atoms with Crippen molar-refractivity contribution in [3.05, 3.63) is 70.8 Å². The second-order valence-electron chi connectivity index (χ2n) is 14.5. The molecule has 268 valence electrons. The van der Waals surface area contributed by atoms with Gasteiger partial charge in [-0.3, -0.25) is 4.79 Å². The number of nitrogens with one attached hydrogen (secondary N) is 1. The zero-order valence-electron chi connectivity index (χ0n) is 28.2. The Morgan fingerprint density at radius 1 is 1.08 bits per heavy atom. The molecule has 12 heteroatoms. The maximum absolute atomic E-state index is 15.3. The molecular formula is C37H44F5NO6. The second kappa shape index (κ2) is 13.3. The summed E-state index contributed by atoms with van der Waals surface area (Å²) in [6, 6.07) is 5.95. The number of alkyl carbamates (subject to hydrolysis) is 1. The lowest BCUT2D eigenvalue weighted by molar-refractivity contribution is -0.362. The molecule has 0 aromatic heterocycles. The summed E-state index contributed by atoms with van der Waals surface area (Å²) in [6.45, 7) is 9.96. The molecule has 1 aromatic carbocycles. The highest BCUT2D eigenvalue weighted by Crippen LogP contribution is 2.70. The number of rotatable bonds is 9. The molecule has 7 nitrogen and oxygen atoms in total. The predicted octanol–water partition coefficient (Wildman–Crippen LogP) is 8.06. The number of ketones is 1. The third-order valence-corrected chi connectivity index (χ3v) is 11.4. The summed E-state index contributed by atoms with van der Waals surface area (Å²) in [6.07, 6.45) is -3.46. The maximum Gasteiger partial charge on any atom is 0.456 e. The number of hydrogen-bond donors (Lipinski definition) is 2. The first-order valence-corrected chi connectivity index (χ1v) is 16.8. The fraction of sp³-hybridized carbons (Fsp3) is 0.595. The molecule has 49 heavy (non-hydrogen) atoms. The monoisotopic (exact) mass is 693 g/mol. The number of allylic oxidation sites excluding steroid dienone is 4. The number of hydrogen-bond acceptors (Lipinski definition) is 6. The number of benzene rings is 1. The number of halogens is 5. The van der Waals surface area contributed by atoms with Crippen LogP contribution in [-0.4, -0.2) is 53.3 Å². The van der Waals surface area contributed by atoms with Gasteiger partial charge in [-0.1, -0.05) is 63.3 Å². The van der Waals surface area contributed by atoms with Crippen LogP contribution in [0.15, 0.2) is 59.7 Å². The van der Waals surface area contributed by atoms with Crippen LogP contribution in [0.25, 0.3) is 0 Å². The number of carbonyl (C=O) groups is 3. The zero-order chi connectivity index (χ0) is 36.1. The highest BCUT2D eigenvalue weighted by molar-refractivity contribution is 5.93. The molecule has 5 rings (SSSR count). The third-order valence-electron chi connectivity index (χ3n) is 11.4. The molecule has 2 fully saturated rings. The Bertz CT molecular complexity index is 1550. The Kier molecular flexibility index (Phi) is 9.97. The van der Waals surface area contributed by atoms with Crippen molar-refractivity contribution in [2.45, 2.75) is 108 Å². The Morgan fingerprint density at radius 3 is 2.37 bits per heavy atom. The van der Waals surface area contributed by atoms with E-state index in [0.29, 0.717) is 36.8 Å². The van der Waals surface area contributed by atoms with Crippen molar-refractivity contribution < 1.29 is 50.9 Å². The first-order valence-electron chi connectivity index (χ1n) is 16.8. The number of esters is 1. The average molecular weight is 694 g/mol. The number of alkyl halides is 5. The van der Waals surface area contributed by atoms with Crippen molar-refractivity contribution in [3.8, 4) is 0 Å². The SMILES string of the molecule is C=CCOC(=O)N[C@H](C(=O)OC(C)c1ccc([C@H]2C[C@@]3(C)[C@@H](CC[C@@]3(O)C(F)(F)C(F)(F)F)[C@@H]3CCC4=CC(=O)CCC4=C32)cc1)C(C)C. The minimum Gasteiger partial charge on any atom is -0.456 e. The molecule has 7 atom stereocenters. The highest BCUT2D eigenvalue weighted by atomic mass is 19.4. The van der Waals surface area contributed by atoms with Gasteiger partial charge in [0.2, 0.25) is 0 Å². The van der Waals surface area contributed by atoms with Crippen LogP contribution in [0.2, 0.25) is 0 Å². The van der Waals surface area contributed by atoms with Gasteiger partial charge in [0.1, 0.15) is 24.4 Å². The normalized spacial score (nSPS) is 29.7. The molecule has 0 spiro atoms. The quantitative estimate of drug-likeness (QED) is 0.154. The molecule has 0 heterocycles. The Balaban J connectivity index is 1.47. The fourth-order valence-corrected chi connectivity index (χ4v) is 8.83. The van der Waals surface area contributed by atoms with Crippen LogP contribution in [0.5, 0.6) is 0 Å². The first kappa shape index (κ1) is 36.7. The molecule has 1 unspecified atom stereocenters.